The van der Waals surface area contributed by atoms with Crippen molar-refractivity contribution in [1.82, 2.24) is 0 Å². The molecule has 0 heterocycles. The summed E-state index contributed by atoms with van der Waals surface area (Å²) in [5.41, 5.74) is 3.36. The highest BCUT2D eigenvalue weighted by atomic mass is 79.9. The summed E-state index contributed by atoms with van der Waals surface area (Å²) < 4.78 is 0.872. The first-order chi connectivity index (χ1) is 11.7. The molecular formula is C20H15BrN2O. The van der Waals surface area contributed by atoms with Crippen LogP contribution in [0.5, 0.6) is 5.75 Å². The molecule has 0 aliphatic rings. The average Bonchev–Trinajstić information content (AvgIpc) is 2.63. The molecule has 0 bridgehead atoms. The number of benzene rings is 3. The van der Waals surface area contributed by atoms with E-state index >= 15 is 0 Å². The standard InChI is InChI=1S/C20H15BrN2O/c21-18-11-12-19(24)17(13-18)14-22-23-20(15-7-3-1-4-8-15)16-9-5-2-6-10-16/h1-14,24H. The van der Waals surface area contributed by atoms with Gasteiger partial charge in [0, 0.05) is 21.2 Å². The fourth-order valence-electron chi connectivity index (χ4n) is 2.25. The lowest BCUT2D eigenvalue weighted by Crippen LogP contribution is -2.02. The average molecular weight is 379 g/mol. The molecular weight excluding hydrogens is 364 g/mol. The van der Waals surface area contributed by atoms with Gasteiger partial charge < -0.3 is 5.11 Å². The maximum atomic E-state index is 9.87. The Hall–Kier alpha value is -2.72. The predicted molar refractivity (Wildman–Crippen MR) is 102 cm³/mol. The number of hydrogen-bond acceptors (Lipinski definition) is 3. The van der Waals surface area contributed by atoms with Crippen molar-refractivity contribution in [3.8, 4) is 5.75 Å². The van der Waals surface area contributed by atoms with Gasteiger partial charge in [-0.2, -0.15) is 5.10 Å². The van der Waals surface area contributed by atoms with Gasteiger partial charge >= 0.3 is 0 Å². The minimum Gasteiger partial charge on any atom is -0.507 e. The molecule has 0 spiro atoms. The highest BCUT2D eigenvalue weighted by molar-refractivity contribution is 9.10. The van der Waals surface area contributed by atoms with Gasteiger partial charge in [0.05, 0.1) is 6.21 Å². The number of hydrogen-bond donors (Lipinski definition) is 1. The van der Waals surface area contributed by atoms with Gasteiger partial charge in [-0.3, -0.25) is 0 Å². The summed E-state index contributed by atoms with van der Waals surface area (Å²) >= 11 is 3.38. The van der Waals surface area contributed by atoms with E-state index in [9.17, 15) is 5.11 Å². The summed E-state index contributed by atoms with van der Waals surface area (Å²) in [6.45, 7) is 0. The fraction of sp³-hybridized carbons (Fsp3) is 0. The topological polar surface area (TPSA) is 45.0 Å². The Balaban J connectivity index is 1.98. The minimum absolute atomic E-state index is 0.165. The number of halogens is 1. The lowest BCUT2D eigenvalue weighted by Gasteiger charge is -2.05. The summed E-state index contributed by atoms with van der Waals surface area (Å²) in [6, 6.07) is 25.0. The molecule has 4 heteroatoms. The zero-order valence-corrected chi connectivity index (χ0v) is 14.4. The van der Waals surface area contributed by atoms with Crippen LogP contribution in [0.2, 0.25) is 0 Å². The lowest BCUT2D eigenvalue weighted by molar-refractivity contribution is 0.474. The molecule has 0 fully saturated rings. The highest BCUT2D eigenvalue weighted by Crippen LogP contribution is 2.20. The first-order valence-electron chi connectivity index (χ1n) is 7.44. The second-order valence-corrected chi connectivity index (χ2v) is 6.04. The zero-order valence-electron chi connectivity index (χ0n) is 12.8. The smallest absolute Gasteiger partial charge is 0.124 e. The first kappa shape index (κ1) is 16.1. The molecule has 3 nitrogen and oxygen atoms in total. The first-order valence-corrected chi connectivity index (χ1v) is 8.24. The molecule has 1 N–H and O–H groups in total. The molecule has 0 radical (unpaired) electrons. The third-order valence-corrected chi connectivity index (χ3v) is 3.93. The molecule has 0 aliphatic carbocycles. The molecule has 0 unspecified atom stereocenters. The van der Waals surface area contributed by atoms with Gasteiger partial charge in [0.2, 0.25) is 0 Å². The summed E-state index contributed by atoms with van der Waals surface area (Å²) in [4.78, 5) is 0. The van der Waals surface area contributed by atoms with E-state index in [4.69, 9.17) is 0 Å². The Labute approximate surface area is 149 Å². The third kappa shape index (κ3) is 3.97. The van der Waals surface area contributed by atoms with Crippen molar-refractivity contribution in [1.29, 1.82) is 0 Å². The molecule has 0 aromatic heterocycles. The summed E-state index contributed by atoms with van der Waals surface area (Å²) in [6.07, 6.45) is 1.55. The van der Waals surface area contributed by atoms with Crippen LogP contribution in [0.15, 0.2) is 93.5 Å². The van der Waals surface area contributed by atoms with E-state index in [-0.39, 0.29) is 5.75 Å². The number of phenols is 1. The van der Waals surface area contributed by atoms with E-state index in [0.29, 0.717) is 5.56 Å². The normalized spacial score (nSPS) is 10.7. The zero-order chi connectivity index (χ0) is 16.8. The van der Waals surface area contributed by atoms with Gasteiger partial charge in [-0.25, -0.2) is 0 Å². The number of aromatic hydroxyl groups is 1. The minimum atomic E-state index is 0.165. The summed E-state index contributed by atoms with van der Waals surface area (Å²) in [5, 5.41) is 18.4. The maximum Gasteiger partial charge on any atom is 0.124 e. The van der Waals surface area contributed by atoms with E-state index in [1.54, 1.807) is 24.4 Å². The van der Waals surface area contributed by atoms with E-state index in [1.807, 2.05) is 60.7 Å². The molecule has 0 atom stereocenters. The molecule has 3 aromatic carbocycles. The van der Waals surface area contributed by atoms with Crippen LogP contribution in [-0.2, 0) is 0 Å². The van der Waals surface area contributed by atoms with Gasteiger partial charge in [-0.15, -0.1) is 5.10 Å². The van der Waals surface area contributed by atoms with E-state index < -0.39 is 0 Å². The van der Waals surface area contributed by atoms with Crippen molar-refractivity contribution in [2.24, 2.45) is 10.2 Å². The third-order valence-electron chi connectivity index (χ3n) is 3.44. The predicted octanol–water partition coefficient (Wildman–Crippen LogP) is 5.03. The van der Waals surface area contributed by atoms with Crippen molar-refractivity contribution < 1.29 is 5.11 Å². The van der Waals surface area contributed by atoms with Gasteiger partial charge in [0.25, 0.3) is 0 Å². The Bertz CT molecular complexity index is 833. The molecule has 118 valence electrons. The number of nitrogens with zero attached hydrogens (tertiary/aromatic N) is 2. The quantitative estimate of drug-likeness (QED) is 0.502. The Kier molecular flexibility index (Phi) is 5.18. The summed E-state index contributed by atoms with van der Waals surface area (Å²) in [5.74, 6) is 0.165. The van der Waals surface area contributed by atoms with Crippen molar-refractivity contribution in [3.05, 3.63) is 100 Å². The van der Waals surface area contributed by atoms with Crippen LogP contribution in [0.3, 0.4) is 0 Å². The second kappa shape index (κ2) is 7.70. The molecule has 0 saturated carbocycles. The number of rotatable bonds is 4. The SMILES string of the molecule is Oc1ccc(Br)cc1C=NN=C(c1ccccc1)c1ccccc1. The number of phenolic OH excluding ortho intramolecular Hbond substituents is 1. The van der Waals surface area contributed by atoms with Crippen LogP contribution >= 0.6 is 15.9 Å². The van der Waals surface area contributed by atoms with Gasteiger partial charge in [0.15, 0.2) is 0 Å². The molecule has 0 amide bonds. The van der Waals surface area contributed by atoms with Crippen molar-refractivity contribution >= 4 is 27.9 Å². The van der Waals surface area contributed by atoms with E-state index in [1.165, 1.54) is 0 Å². The lowest BCUT2D eigenvalue weighted by atomic mass is 10.0. The van der Waals surface area contributed by atoms with E-state index in [2.05, 4.69) is 26.1 Å². The van der Waals surface area contributed by atoms with Crippen LogP contribution in [0.4, 0.5) is 0 Å². The van der Waals surface area contributed by atoms with Crippen LogP contribution in [0.25, 0.3) is 0 Å². The van der Waals surface area contributed by atoms with Gasteiger partial charge in [-0.05, 0) is 18.2 Å². The van der Waals surface area contributed by atoms with Crippen LogP contribution < -0.4 is 0 Å². The fourth-order valence-corrected chi connectivity index (χ4v) is 2.63. The van der Waals surface area contributed by atoms with Gasteiger partial charge in [-0.1, -0.05) is 76.6 Å². The molecule has 3 aromatic rings. The Morgan fingerprint density at radius 3 is 2.00 bits per heavy atom. The van der Waals surface area contributed by atoms with E-state index in [0.717, 1.165) is 21.3 Å². The van der Waals surface area contributed by atoms with Crippen molar-refractivity contribution in [2.75, 3.05) is 0 Å². The van der Waals surface area contributed by atoms with Crippen LogP contribution in [0.1, 0.15) is 16.7 Å². The van der Waals surface area contributed by atoms with Gasteiger partial charge in [0.1, 0.15) is 11.5 Å². The monoisotopic (exact) mass is 378 g/mol. The molecule has 24 heavy (non-hydrogen) atoms. The Morgan fingerprint density at radius 1 is 0.833 bits per heavy atom. The molecule has 0 saturated heterocycles. The maximum absolute atomic E-state index is 9.87. The van der Waals surface area contributed by atoms with Crippen molar-refractivity contribution in [3.63, 3.8) is 0 Å². The van der Waals surface area contributed by atoms with Crippen LogP contribution in [-0.4, -0.2) is 17.0 Å². The Morgan fingerprint density at radius 2 is 1.42 bits per heavy atom. The largest absolute Gasteiger partial charge is 0.507 e. The van der Waals surface area contributed by atoms with Crippen LogP contribution in [0, 0.1) is 0 Å². The van der Waals surface area contributed by atoms with Crippen molar-refractivity contribution in [2.45, 2.75) is 0 Å². The summed E-state index contributed by atoms with van der Waals surface area (Å²) in [7, 11) is 0. The highest BCUT2D eigenvalue weighted by Gasteiger charge is 2.06. The second-order valence-electron chi connectivity index (χ2n) is 5.13. The molecule has 3 rings (SSSR count). The molecule has 0 aliphatic heterocycles.